The molecule has 140 valence electrons. The van der Waals surface area contributed by atoms with Gasteiger partial charge in [-0.2, -0.15) is 5.01 Å². The SMILES string of the molecule is CCOc1ccc(NC(=S)NN2C(=O)c3cccc4cccc(c34)C2=O)cc1. The molecule has 0 fully saturated rings. The van der Waals surface area contributed by atoms with Crippen molar-refractivity contribution in [2.45, 2.75) is 6.92 Å². The number of nitrogens with zero attached hydrogens (tertiary/aromatic N) is 1. The molecule has 4 rings (SSSR count). The Bertz CT molecular complexity index is 1050. The van der Waals surface area contributed by atoms with Gasteiger partial charge in [-0.15, -0.1) is 0 Å². The Hall–Kier alpha value is -3.45. The minimum Gasteiger partial charge on any atom is -0.494 e. The van der Waals surface area contributed by atoms with Crippen molar-refractivity contribution in [3.63, 3.8) is 0 Å². The van der Waals surface area contributed by atoms with Crippen LogP contribution in [0.5, 0.6) is 5.75 Å². The summed E-state index contributed by atoms with van der Waals surface area (Å²) in [6.07, 6.45) is 0. The minimum absolute atomic E-state index is 0.136. The Morgan fingerprint density at radius 1 is 0.964 bits per heavy atom. The molecule has 0 spiro atoms. The normalized spacial score (nSPS) is 12.8. The standard InChI is InChI=1S/C21H17N3O3S/c1-2-27-15-11-9-14(10-12-15)22-21(28)23-24-19(25)16-7-3-5-13-6-4-8-17(18(13)16)20(24)26/h3-12H,2H2,1H3,(H2,22,23,28). The van der Waals surface area contributed by atoms with E-state index in [9.17, 15) is 9.59 Å². The molecule has 2 N–H and O–H groups in total. The minimum atomic E-state index is -0.440. The van der Waals surface area contributed by atoms with Crippen LogP contribution < -0.4 is 15.5 Å². The number of hydrazine groups is 1. The molecule has 0 radical (unpaired) electrons. The van der Waals surface area contributed by atoms with Crippen molar-refractivity contribution in [1.29, 1.82) is 0 Å². The number of anilines is 1. The fourth-order valence-corrected chi connectivity index (χ4v) is 3.40. The smallest absolute Gasteiger partial charge is 0.280 e. The first-order chi connectivity index (χ1) is 13.6. The van der Waals surface area contributed by atoms with E-state index in [-0.39, 0.29) is 5.11 Å². The summed E-state index contributed by atoms with van der Waals surface area (Å²) < 4.78 is 5.40. The maximum absolute atomic E-state index is 12.9. The van der Waals surface area contributed by atoms with Crippen molar-refractivity contribution in [3.8, 4) is 5.75 Å². The molecule has 3 aromatic carbocycles. The molecule has 7 heteroatoms. The molecule has 1 heterocycles. The van der Waals surface area contributed by atoms with Gasteiger partial charge in [-0.25, -0.2) is 0 Å². The largest absolute Gasteiger partial charge is 0.494 e. The molecule has 3 aromatic rings. The van der Waals surface area contributed by atoms with E-state index in [1.54, 1.807) is 36.4 Å². The molecule has 0 aliphatic carbocycles. The summed E-state index contributed by atoms with van der Waals surface area (Å²) in [6.45, 7) is 2.50. The van der Waals surface area contributed by atoms with Gasteiger partial charge in [0.15, 0.2) is 5.11 Å². The zero-order valence-corrected chi connectivity index (χ0v) is 15.9. The number of hydrogen-bond acceptors (Lipinski definition) is 4. The third-order valence-electron chi connectivity index (χ3n) is 4.41. The Labute approximate surface area is 167 Å². The first-order valence-corrected chi connectivity index (χ1v) is 9.20. The molecule has 0 aromatic heterocycles. The van der Waals surface area contributed by atoms with Crippen LogP contribution in [-0.2, 0) is 0 Å². The maximum Gasteiger partial charge on any atom is 0.280 e. The van der Waals surface area contributed by atoms with Gasteiger partial charge in [0.05, 0.1) is 17.7 Å². The first kappa shape index (κ1) is 17.9. The van der Waals surface area contributed by atoms with Crippen molar-refractivity contribution < 1.29 is 14.3 Å². The van der Waals surface area contributed by atoms with Gasteiger partial charge >= 0.3 is 0 Å². The zero-order valence-electron chi connectivity index (χ0n) is 15.1. The summed E-state index contributed by atoms with van der Waals surface area (Å²) in [7, 11) is 0. The molecule has 0 unspecified atom stereocenters. The van der Waals surface area contributed by atoms with Crippen LogP contribution in [-0.4, -0.2) is 28.5 Å². The number of ether oxygens (including phenoxy) is 1. The van der Waals surface area contributed by atoms with Crippen molar-refractivity contribution in [1.82, 2.24) is 10.4 Å². The predicted molar refractivity (Wildman–Crippen MR) is 111 cm³/mol. The average Bonchev–Trinajstić information content (AvgIpc) is 2.71. The summed E-state index contributed by atoms with van der Waals surface area (Å²) in [4.78, 5) is 25.7. The van der Waals surface area contributed by atoms with Crippen LogP contribution in [0.1, 0.15) is 27.6 Å². The second-order valence-corrected chi connectivity index (χ2v) is 6.59. The summed E-state index contributed by atoms with van der Waals surface area (Å²) in [5, 5.41) is 5.57. The molecule has 0 saturated heterocycles. The highest BCUT2D eigenvalue weighted by Crippen LogP contribution is 2.29. The lowest BCUT2D eigenvalue weighted by atomic mass is 9.95. The highest BCUT2D eigenvalue weighted by molar-refractivity contribution is 7.80. The fraction of sp³-hybridized carbons (Fsp3) is 0.0952. The molecule has 0 atom stereocenters. The van der Waals surface area contributed by atoms with Crippen LogP contribution in [0.4, 0.5) is 5.69 Å². The Kier molecular flexibility index (Phi) is 4.67. The molecule has 1 aliphatic heterocycles. The maximum atomic E-state index is 12.9. The van der Waals surface area contributed by atoms with E-state index < -0.39 is 11.8 Å². The van der Waals surface area contributed by atoms with Crippen LogP contribution in [0.2, 0.25) is 0 Å². The Morgan fingerprint density at radius 3 is 2.14 bits per heavy atom. The van der Waals surface area contributed by atoms with E-state index in [1.165, 1.54) is 0 Å². The lowest BCUT2D eigenvalue weighted by Gasteiger charge is -2.28. The molecule has 6 nitrogen and oxygen atoms in total. The van der Waals surface area contributed by atoms with E-state index in [0.717, 1.165) is 16.1 Å². The number of nitrogens with one attached hydrogen (secondary N) is 2. The number of rotatable bonds is 4. The van der Waals surface area contributed by atoms with Crippen molar-refractivity contribution in [2.24, 2.45) is 0 Å². The van der Waals surface area contributed by atoms with Gasteiger partial charge < -0.3 is 10.1 Å². The number of carbonyl (C=O) groups is 2. The number of hydrogen-bond donors (Lipinski definition) is 2. The summed E-state index contributed by atoms with van der Waals surface area (Å²) in [5.41, 5.74) is 4.35. The molecule has 0 bridgehead atoms. The topological polar surface area (TPSA) is 70.7 Å². The van der Waals surface area contributed by atoms with Gasteiger partial charge in [-0.1, -0.05) is 24.3 Å². The van der Waals surface area contributed by atoms with E-state index in [4.69, 9.17) is 17.0 Å². The van der Waals surface area contributed by atoms with E-state index in [1.807, 2.05) is 31.2 Å². The Balaban J connectivity index is 1.54. The number of imide groups is 1. The van der Waals surface area contributed by atoms with E-state index >= 15 is 0 Å². The van der Waals surface area contributed by atoms with Crippen molar-refractivity contribution in [3.05, 3.63) is 71.8 Å². The Morgan fingerprint density at radius 2 is 1.57 bits per heavy atom. The van der Waals surface area contributed by atoms with E-state index in [2.05, 4.69) is 10.7 Å². The lowest BCUT2D eigenvalue weighted by Crippen LogP contribution is -2.52. The van der Waals surface area contributed by atoms with Crippen LogP contribution in [0.3, 0.4) is 0 Å². The van der Waals surface area contributed by atoms with E-state index in [0.29, 0.717) is 28.8 Å². The monoisotopic (exact) mass is 391 g/mol. The molecule has 2 amide bonds. The summed E-state index contributed by atoms with van der Waals surface area (Å²) in [5.74, 6) is -0.131. The van der Waals surface area contributed by atoms with Crippen LogP contribution >= 0.6 is 12.2 Å². The predicted octanol–water partition coefficient (Wildman–Crippen LogP) is 3.74. The highest BCUT2D eigenvalue weighted by atomic mass is 32.1. The summed E-state index contributed by atoms with van der Waals surface area (Å²) in [6, 6.07) is 18.0. The summed E-state index contributed by atoms with van der Waals surface area (Å²) >= 11 is 5.29. The molecular formula is C21H17N3O3S. The highest BCUT2D eigenvalue weighted by Gasteiger charge is 2.33. The van der Waals surface area contributed by atoms with Crippen LogP contribution in [0.25, 0.3) is 10.8 Å². The van der Waals surface area contributed by atoms with Gasteiger partial charge in [-0.05, 0) is 60.9 Å². The second-order valence-electron chi connectivity index (χ2n) is 6.18. The van der Waals surface area contributed by atoms with Crippen LogP contribution in [0.15, 0.2) is 60.7 Å². The number of carbonyl (C=O) groups excluding carboxylic acids is 2. The average molecular weight is 391 g/mol. The van der Waals surface area contributed by atoms with Gasteiger partial charge in [0.1, 0.15) is 5.75 Å². The second kappa shape index (κ2) is 7.28. The molecular weight excluding hydrogens is 374 g/mol. The zero-order chi connectivity index (χ0) is 19.7. The molecule has 1 aliphatic rings. The molecule has 0 saturated carbocycles. The first-order valence-electron chi connectivity index (χ1n) is 8.79. The van der Waals surface area contributed by atoms with Gasteiger partial charge in [0.2, 0.25) is 0 Å². The van der Waals surface area contributed by atoms with Gasteiger partial charge in [-0.3, -0.25) is 15.0 Å². The van der Waals surface area contributed by atoms with Crippen molar-refractivity contribution in [2.75, 3.05) is 11.9 Å². The fourth-order valence-electron chi connectivity index (χ4n) is 3.19. The number of amides is 2. The van der Waals surface area contributed by atoms with Gasteiger partial charge in [0.25, 0.3) is 11.8 Å². The van der Waals surface area contributed by atoms with Gasteiger partial charge in [0, 0.05) is 11.1 Å². The third-order valence-corrected chi connectivity index (χ3v) is 4.60. The number of benzene rings is 3. The third kappa shape index (κ3) is 3.16. The quantitative estimate of drug-likeness (QED) is 0.522. The molecule has 28 heavy (non-hydrogen) atoms. The van der Waals surface area contributed by atoms with Crippen LogP contribution in [0, 0.1) is 0 Å². The number of thiocarbonyl (C=S) groups is 1. The lowest BCUT2D eigenvalue weighted by molar-refractivity contribution is 0.0568. The van der Waals surface area contributed by atoms with Crippen molar-refractivity contribution >= 4 is 45.6 Å².